The van der Waals surface area contributed by atoms with Crippen LogP contribution in [0, 0.1) is 0 Å². The van der Waals surface area contributed by atoms with Gasteiger partial charge in [0, 0.05) is 0 Å². The number of alkyl halides is 2. The molecular formula is C12H8I2NO4-. The van der Waals surface area contributed by atoms with Crippen molar-refractivity contribution in [1.82, 2.24) is 3.53 Å². The van der Waals surface area contributed by atoms with E-state index in [1.54, 1.807) is 24.3 Å². The maximum absolute atomic E-state index is 11.9. The Morgan fingerprint density at radius 3 is 2.95 bits per heavy atom. The molecule has 0 aliphatic carbocycles. The van der Waals surface area contributed by atoms with Gasteiger partial charge in [0.25, 0.3) is 0 Å². The zero-order valence-electron chi connectivity index (χ0n) is 9.43. The third-order valence-corrected chi connectivity index (χ3v) is 7.19. The van der Waals surface area contributed by atoms with E-state index in [1.165, 1.54) is 6.07 Å². The number of carbonyl (C=O) groups excluding carboxylic acids is 1. The number of halogens is 2. The summed E-state index contributed by atoms with van der Waals surface area (Å²) in [6, 6.07) is 7.93. The fourth-order valence-electron chi connectivity index (χ4n) is 1.55. The Bertz CT molecular complexity index is 695. The first kappa shape index (κ1) is 13.3. The van der Waals surface area contributed by atoms with Crippen molar-refractivity contribution < 1.29 is 35.4 Å². The van der Waals surface area contributed by atoms with Gasteiger partial charge in [-0.15, -0.1) is 0 Å². The molecule has 0 spiro atoms. The van der Waals surface area contributed by atoms with Gasteiger partial charge in [0.1, 0.15) is 0 Å². The van der Waals surface area contributed by atoms with Crippen LogP contribution in [-0.4, -0.2) is 13.9 Å². The van der Waals surface area contributed by atoms with E-state index in [0.29, 0.717) is 15.4 Å². The normalized spacial score (nSPS) is 19.5. The van der Waals surface area contributed by atoms with Crippen LogP contribution in [0.5, 0.6) is 5.75 Å². The van der Waals surface area contributed by atoms with Crippen LogP contribution >= 0.6 is 22.6 Å². The zero-order valence-corrected chi connectivity index (χ0v) is 13.7. The summed E-state index contributed by atoms with van der Waals surface area (Å²) in [6.45, 7) is 0. The second-order valence-electron chi connectivity index (χ2n) is 3.90. The van der Waals surface area contributed by atoms with Gasteiger partial charge in [-0.3, -0.25) is 0 Å². The number of ether oxygens (including phenoxy) is 1. The van der Waals surface area contributed by atoms with Crippen molar-refractivity contribution in [2.45, 2.75) is 7.97 Å². The molecule has 2 atom stereocenters. The molecule has 3 rings (SSSR count). The van der Waals surface area contributed by atoms with Crippen molar-refractivity contribution in [2.75, 3.05) is 0 Å². The van der Waals surface area contributed by atoms with Crippen molar-refractivity contribution in [2.24, 2.45) is 0 Å². The Kier molecular flexibility index (Phi) is 3.76. The number of nitrogens with one attached hydrogen (secondary N) is 1. The van der Waals surface area contributed by atoms with Gasteiger partial charge in [-0.1, -0.05) is 0 Å². The summed E-state index contributed by atoms with van der Waals surface area (Å²) in [4.78, 5) is 22.9. The molecule has 2 aromatic rings. The van der Waals surface area contributed by atoms with E-state index < -0.39 is 5.63 Å². The van der Waals surface area contributed by atoms with Gasteiger partial charge >= 0.3 is 133 Å². The van der Waals surface area contributed by atoms with Crippen LogP contribution in [0.4, 0.5) is 0 Å². The minimum atomic E-state index is -0.395. The average Bonchev–Trinajstić information content (AvgIpc) is 3.22. The first-order valence-electron chi connectivity index (χ1n) is 5.41. The van der Waals surface area contributed by atoms with Gasteiger partial charge in [0.2, 0.25) is 0 Å². The molecule has 19 heavy (non-hydrogen) atoms. The van der Waals surface area contributed by atoms with Crippen LogP contribution < -0.4 is 35.4 Å². The molecule has 1 fully saturated rings. The number of esters is 1. The number of carbonyl (C=O) groups is 1. The number of benzene rings is 1. The fraction of sp³-hybridized carbons (Fsp3) is 0.167. The fourth-order valence-corrected chi connectivity index (χ4v) is 4.64. The van der Waals surface area contributed by atoms with Gasteiger partial charge in [-0.25, -0.2) is 0 Å². The Morgan fingerprint density at radius 1 is 1.42 bits per heavy atom. The maximum atomic E-state index is 11.9. The topological polar surface area (TPSA) is 78.5 Å². The van der Waals surface area contributed by atoms with Crippen molar-refractivity contribution >= 4 is 39.5 Å². The van der Waals surface area contributed by atoms with Crippen molar-refractivity contribution in [1.29, 1.82) is 0 Å². The van der Waals surface area contributed by atoms with Crippen LogP contribution in [0.25, 0.3) is 11.0 Å². The van der Waals surface area contributed by atoms with Gasteiger partial charge in [-0.2, -0.15) is 0 Å². The van der Waals surface area contributed by atoms with E-state index in [4.69, 9.17) is 9.15 Å². The quantitative estimate of drug-likeness (QED) is 0.0834. The van der Waals surface area contributed by atoms with E-state index in [-0.39, 0.29) is 31.4 Å². The molecular weight excluding hydrogens is 476 g/mol. The van der Waals surface area contributed by atoms with Crippen LogP contribution in [0.2, 0.25) is 0 Å². The Morgan fingerprint density at radius 2 is 2.21 bits per heavy atom. The van der Waals surface area contributed by atoms with Gasteiger partial charge in [-0.05, 0) is 0 Å². The average molecular weight is 484 g/mol. The van der Waals surface area contributed by atoms with Crippen molar-refractivity contribution in [3.8, 4) is 5.75 Å². The van der Waals surface area contributed by atoms with Gasteiger partial charge < -0.3 is 0 Å². The summed E-state index contributed by atoms with van der Waals surface area (Å²) in [5, 5.41) is 0.729. The molecule has 0 radical (unpaired) electrons. The van der Waals surface area contributed by atoms with E-state index in [2.05, 4.69) is 26.1 Å². The Hall–Kier alpha value is -0.680. The Labute approximate surface area is 132 Å². The first-order valence-corrected chi connectivity index (χ1v) is 8.98. The molecule has 7 heteroatoms. The molecule has 1 N–H and O–H groups in total. The number of hydrogen-bond acceptors (Lipinski definition) is 5. The number of fused-ring (bicyclic) bond motifs is 1. The SMILES string of the molecule is O=C(Oc1ccc2oc(=O)ccc2c1)C(I)C1N[I-]1. The molecule has 1 saturated heterocycles. The van der Waals surface area contributed by atoms with Gasteiger partial charge in [0.05, 0.1) is 0 Å². The number of rotatable bonds is 3. The van der Waals surface area contributed by atoms with Crippen LogP contribution in [0.3, 0.4) is 0 Å². The molecule has 2 heterocycles. The summed E-state index contributed by atoms with van der Waals surface area (Å²) in [5.41, 5.74) is 0.0846. The summed E-state index contributed by atoms with van der Waals surface area (Å²) in [7, 11) is 0. The molecule has 0 bridgehead atoms. The molecule has 0 saturated carbocycles. The summed E-state index contributed by atoms with van der Waals surface area (Å²) in [5.74, 6) is 0.221. The second-order valence-corrected chi connectivity index (χ2v) is 7.83. The molecule has 5 nitrogen and oxygen atoms in total. The third kappa shape index (κ3) is 3.08. The van der Waals surface area contributed by atoms with Gasteiger partial charge in [0.15, 0.2) is 0 Å². The molecule has 1 aliphatic heterocycles. The summed E-state index contributed by atoms with van der Waals surface area (Å²) >= 11 is 2.08. The minimum absolute atomic E-state index is 0.0166. The molecule has 100 valence electrons. The van der Waals surface area contributed by atoms with Crippen LogP contribution in [0.1, 0.15) is 0 Å². The Balaban J connectivity index is 1.83. The summed E-state index contributed by atoms with van der Waals surface area (Å²) in [6.07, 6.45) is 0. The predicted octanol–water partition coefficient (Wildman–Crippen LogP) is -1.56. The molecule has 1 aliphatic rings. The molecule has 2 unspecified atom stereocenters. The monoisotopic (exact) mass is 484 g/mol. The molecule has 0 amide bonds. The summed E-state index contributed by atoms with van der Waals surface area (Å²) < 4.78 is 13.7. The predicted molar refractivity (Wildman–Crippen MR) is 72.9 cm³/mol. The van der Waals surface area contributed by atoms with Crippen LogP contribution in [-0.2, 0) is 4.79 Å². The molecule has 1 aromatic carbocycles. The standard InChI is InChI=1S/C12H8I2NO4/c13-10(11-14-15-11)12(17)18-7-2-3-8-6(5-7)1-4-9(16)19-8/h1-5,10-11,15H/q-1. The zero-order chi connectivity index (χ0) is 13.4. The first-order chi connectivity index (χ1) is 9.13. The van der Waals surface area contributed by atoms with Crippen molar-refractivity contribution in [3.05, 3.63) is 40.8 Å². The number of hydrogen-bond donors (Lipinski definition) is 1. The van der Waals surface area contributed by atoms with Crippen LogP contribution in [0.15, 0.2) is 39.5 Å². The van der Waals surface area contributed by atoms with Crippen molar-refractivity contribution in [3.63, 3.8) is 0 Å². The molecule has 1 aromatic heterocycles. The van der Waals surface area contributed by atoms with E-state index in [1.807, 2.05) is 0 Å². The third-order valence-electron chi connectivity index (χ3n) is 2.53. The van der Waals surface area contributed by atoms with E-state index >= 15 is 0 Å². The van der Waals surface area contributed by atoms with E-state index in [0.717, 1.165) is 5.39 Å². The van der Waals surface area contributed by atoms with E-state index in [9.17, 15) is 9.59 Å². The second kappa shape index (κ2) is 5.37.